The molecule has 2 aromatic rings. The fraction of sp³-hybridized carbons (Fsp3) is 0.571. The predicted octanol–water partition coefficient (Wildman–Crippen LogP) is 3.11. The van der Waals surface area contributed by atoms with E-state index >= 15 is 0 Å². The normalized spacial score (nSPS) is 15.3. The maximum Gasteiger partial charge on any atom is 0.251 e. The lowest BCUT2D eigenvalue weighted by Gasteiger charge is -2.21. The molecule has 0 saturated heterocycles. The van der Waals surface area contributed by atoms with Crippen molar-refractivity contribution in [2.45, 2.75) is 57.4 Å². The number of hydrogen-bond acceptors (Lipinski definition) is 7. The first-order valence-corrected chi connectivity index (χ1v) is 12.0. The Kier molecular flexibility index (Phi) is 7.00. The van der Waals surface area contributed by atoms with Gasteiger partial charge in [-0.05, 0) is 37.0 Å². The highest BCUT2D eigenvalue weighted by molar-refractivity contribution is 7.89. The van der Waals surface area contributed by atoms with Crippen molar-refractivity contribution < 1.29 is 22.5 Å². The molecule has 1 aliphatic carbocycles. The average molecular weight is 451 g/mol. The number of aromatic nitrogens is 2. The summed E-state index contributed by atoms with van der Waals surface area (Å²) in [6.45, 7) is 8.03. The second kappa shape index (κ2) is 9.35. The number of carbonyl (C=O) groups is 1. The van der Waals surface area contributed by atoms with Crippen LogP contribution in [0.4, 0.5) is 0 Å². The van der Waals surface area contributed by atoms with E-state index in [9.17, 15) is 13.2 Å². The predicted molar refractivity (Wildman–Crippen MR) is 114 cm³/mol. The summed E-state index contributed by atoms with van der Waals surface area (Å²) in [6.07, 6.45) is 2.10. The molecule has 1 unspecified atom stereocenters. The molecule has 0 spiro atoms. The van der Waals surface area contributed by atoms with E-state index in [2.05, 4.69) is 15.5 Å². The lowest BCUT2D eigenvalue weighted by molar-refractivity contribution is 0.0913. The molecule has 170 valence electrons. The molecule has 1 aliphatic rings. The standard InChI is InChI=1S/C21H30N4O5S/c1-6-25(7-2)31(27,28)17-12-15(10-11-16(17)29-5)20(26)22-18(13(3)4)21-23-19(24-30-21)14-8-9-14/h10-14,18H,6-9H2,1-5H3,(H,22,26). The molecule has 31 heavy (non-hydrogen) atoms. The first-order chi connectivity index (χ1) is 14.7. The van der Waals surface area contributed by atoms with Crippen LogP contribution in [0, 0.1) is 5.92 Å². The van der Waals surface area contributed by atoms with Crippen LogP contribution in [0.3, 0.4) is 0 Å². The Morgan fingerprint density at radius 1 is 1.29 bits per heavy atom. The molecule has 1 N–H and O–H groups in total. The molecular weight excluding hydrogens is 420 g/mol. The molecule has 1 aromatic carbocycles. The van der Waals surface area contributed by atoms with Crippen LogP contribution in [-0.2, 0) is 10.0 Å². The van der Waals surface area contributed by atoms with Crippen molar-refractivity contribution in [2.75, 3.05) is 20.2 Å². The number of methoxy groups -OCH3 is 1. The summed E-state index contributed by atoms with van der Waals surface area (Å²) < 4.78 is 38.1. The van der Waals surface area contributed by atoms with Crippen molar-refractivity contribution in [2.24, 2.45) is 5.92 Å². The van der Waals surface area contributed by atoms with Gasteiger partial charge >= 0.3 is 0 Å². The molecule has 1 atom stereocenters. The van der Waals surface area contributed by atoms with Gasteiger partial charge in [0.15, 0.2) is 5.82 Å². The molecule has 1 amide bonds. The smallest absolute Gasteiger partial charge is 0.251 e. The topological polar surface area (TPSA) is 115 Å². The van der Waals surface area contributed by atoms with Crippen LogP contribution in [0.2, 0.25) is 0 Å². The maximum atomic E-state index is 13.1. The largest absolute Gasteiger partial charge is 0.495 e. The van der Waals surface area contributed by atoms with Crippen LogP contribution in [0.25, 0.3) is 0 Å². The molecule has 1 saturated carbocycles. The third-order valence-corrected chi connectivity index (χ3v) is 7.44. The van der Waals surface area contributed by atoms with E-state index in [1.165, 1.54) is 29.6 Å². The van der Waals surface area contributed by atoms with Gasteiger partial charge in [0.2, 0.25) is 15.9 Å². The van der Waals surface area contributed by atoms with Gasteiger partial charge in [-0.2, -0.15) is 9.29 Å². The van der Waals surface area contributed by atoms with E-state index in [0.717, 1.165) is 12.8 Å². The molecule has 1 fully saturated rings. The van der Waals surface area contributed by atoms with Crippen LogP contribution in [0.5, 0.6) is 5.75 Å². The van der Waals surface area contributed by atoms with Gasteiger partial charge in [0, 0.05) is 24.6 Å². The van der Waals surface area contributed by atoms with Crippen LogP contribution < -0.4 is 10.1 Å². The van der Waals surface area contributed by atoms with Gasteiger partial charge in [-0.1, -0.05) is 32.9 Å². The number of nitrogens with one attached hydrogen (secondary N) is 1. The fourth-order valence-electron chi connectivity index (χ4n) is 3.34. The lowest BCUT2D eigenvalue weighted by Crippen LogP contribution is -2.33. The van der Waals surface area contributed by atoms with E-state index < -0.39 is 22.0 Å². The Morgan fingerprint density at radius 2 is 1.97 bits per heavy atom. The number of amides is 1. The van der Waals surface area contributed by atoms with Crippen molar-refractivity contribution in [3.05, 3.63) is 35.5 Å². The highest BCUT2D eigenvalue weighted by atomic mass is 32.2. The Bertz CT molecular complexity index is 1030. The average Bonchev–Trinajstić information content (AvgIpc) is 3.49. The molecule has 3 rings (SSSR count). The van der Waals surface area contributed by atoms with Gasteiger partial charge in [-0.25, -0.2) is 8.42 Å². The number of ether oxygens (including phenoxy) is 1. The lowest BCUT2D eigenvalue weighted by atomic mass is 10.0. The highest BCUT2D eigenvalue weighted by Gasteiger charge is 2.32. The van der Waals surface area contributed by atoms with Crippen LogP contribution >= 0.6 is 0 Å². The Hall–Kier alpha value is -2.46. The first-order valence-electron chi connectivity index (χ1n) is 10.5. The molecule has 0 radical (unpaired) electrons. The highest BCUT2D eigenvalue weighted by Crippen LogP contribution is 2.38. The monoisotopic (exact) mass is 450 g/mol. The summed E-state index contributed by atoms with van der Waals surface area (Å²) in [5, 5.41) is 6.94. The molecule has 1 aromatic heterocycles. The van der Waals surface area contributed by atoms with Gasteiger partial charge in [0.05, 0.1) is 7.11 Å². The second-order valence-corrected chi connectivity index (χ2v) is 9.82. The van der Waals surface area contributed by atoms with Gasteiger partial charge in [0.1, 0.15) is 16.7 Å². The van der Waals surface area contributed by atoms with E-state index in [0.29, 0.717) is 30.7 Å². The van der Waals surface area contributed by atoms with Crippen molar-refractivity contribution in [3.8, 4) is 5.75 Å². The van der Waals surface area contributed by atoms with E-state index in [4.69, 9.17) is 9.26 Å². The number of benzene rings is 1. The molecule has 0 aliphatic heterocycles. The third-order valence-electron chi connectivity index (χ3n) is 5.37. The molecule has 0 bridgehead atoms. The molecular formula is C21H30N4O5S. The Balaban J connectivity index is 1.89. The Labute approximate surface area is 183 Å². The van der Waals surface area contributed by atoms with Crippen molar-refractivity contribution in [1.82, 2.24) is 19.8 Å². The summed E-state index contributed by atoms with van der Waals surface area (Å²) >= 11 is 0. The van der Waals surface area contributed by atoms with Gasteiger partial charge in [-0.3, -0.25) is 4.79 Å². The SMILES string of the molecule is CCN(CC)S(=O)(=O)c1cc(C(=O)NC(c2nc(C3CC3)no2)C(C)C)ccc1OC. The van der Waals surface area contributed by atoms with Gasteiger partial charge in [-0.15, -0.1) is 0 Å². The quantitative estimate of drug-likeness (QED) is 0.591. The van der Waals surface area contributed by atoms with E-state index in [1.54, 1.807) is 13.8 Å². The van der Waals surface area contributed by atoms with Crippen molar-refractivity contribution in [3.63, 3.8) is 0 Å². The maximum absolute atomic E-state index is 13.1. The van der Waals surface area contributed by atoms with Gasteiger partial charge < -0.3 is 14.6 Å². The van der Waals surface area contributed by atoms with Crippen LogP contribution in [0.1, 0.15) is 74.6 Å². The Morgan fingerprint density at radius 3 is 2.52 bits per heavy atom. The van der Waals surface area contributed by atoms with Crippen LogP contribution in [-0.4, -0.2) is 49.0 Å². The third kappa shape index (κ3) is 4.90. The van der Waals surface area contributed by atoms with Crippen molar-refractivity contribution >= 4 is 15.9 Å². The van der Waals surface area contributed by atoms with Gasteiger partial charge in [0.25, 0.3) is 5.91 Å². The van der Waals surface area contributed by atoms with Crippen LogP contribution in [0.15, 0.2) is 27.6 Å². The summed E-state index contributed by atoms with van der Waals surface area (Å²) in [4.78, 5) is 17.4. The zero-order valence-corrected chi connectivity index (χ0v) is 19.4. The molecule has 10 heteroatoms. The van der Waals surface area contributed by atoms with E-state index in [-0.39, 0.29) is 22.1 Å². The summed E-state index contributed by atoms with van der Waals surface area (Å²) in [5.41, 5.74) is 0.208. The summed E-state index contributed by atoms with van der Waals surface area (Å²) in [7, 11) is -2.41. The first kappa shape index (κ1) is 23.2. The minimum Gasteiger partial charge on any atom is -0.495 e. The fourth-order valence-corrected chi connectivity index (χ4v) is 4.98. The second-order valence-electron chi connectivity index (χ2n) is 7.92. The number of sulfonamides is 1. The minimum absolute atomic E-state index is 0.00595. The summed E-state index contributed by atoms with van der Waals surface area (Å²) in [6, 6.07) is 3.89. The minimum atomic E-state index is -3.81. The number of rotatable bonds is 10. The van der Waals surface area contributed by atoms with Crippen molar-refractivity contribution in [1.29, 1.82) is 0 Å². The summed E-state index contributed by atoms with van der Waals surface area (Å²) in [5.74, 6) is 1.13. The zero-order valence-electron chi connectivity index (χ0n) is 18.6. The number of carbonyl (C=O) groups excluding carboxylic acids is 1. The number of hydrogen-bond donors (Lipinski definition) is 1. The molecule has 9 nitrogen and oxygen atoms in total. The van der Waals surface area contributed by atoms with E-state index in [1.807, 2.05) is 13.8 Å². The number of nitrogens with zero attached hydrogens (tertiary/aromatic N) is 3. The molecule has 1 heterocycles. The zero-order chi connectivity index (χ0) is 22.8.